The Balaban J connectivity index is 1.97. The molecular formula is C12H10O2. The number of allylic oxidation sites excluding steroid dienone is 1. The molecule has 1 aromatic carbocycles. The molecule has 0 saturated heterocycles. The van der Waals surface area contributed by atoms with Crippen molar-refractivity contribution in [3.8, 4) is 5.75 Å². The lowest BCUT2D eigenvalue weighted by Gasteiger charge is -2.05. The number of esters is 1. The first kappa shape index (κ1) is 7.80. The summed E-state index contributed by atoms with van der Waals surface area (Å²) in [6.07, 6.45) is 3.42. The molecule has 1 atom stereocenters. The van der Waals surface area contributed by atoms with Gasteiger partial charge in [0.1, 0.15) is 5.75 Å². The van der Waals surface area contributed by atoms with Gasteiger partial charge in [-0.25, -0.2) is 0 Å². The molecule has 2 nitrogen and oxygen atoms in total. The van der Waals surface area contributed by atoms with Gasteiger partial charge in [-0.1, -0.05) is 17.7 Å². The molecule has 1 unspecified atom stereocenters. The van der Waals surface area contributed by atoms with Gasteiger partial charge in [0.2, 0.25) is 0 Å². The Morgan fingerprint density at radius 2 is 2.36 bits per heavy atom. The van der Waals surface area contributed by atoms with E-state index in [0.717, 1.165) is 0 Å². The molecule has 2 aliphatic carbocycles. The lowest BCUT2D eigenvalue weighted by atomic mass is 10.1. The molecular weight excluding hydrogens is 176 g/mol. The average molecular weight is 186 g/mol. The van der Waals surface area contributed by atoms with Crippen molar-refractivity contribution in [3.05, 3.63) is 34.9 Å². The first-order valence-electron chi connectivity index (χ1n) is 4.77. The first-order valence-corrected chi connectivity index (χ1v) is 4.77. The van der Waals surface area contributed by atoms with Gasteiger partial charge in [0, 0.05) is 12.8 Å². The fourth-order valence-corrected chi connectivity index (χ4v) is 2.06. The van der Waals surface area contributed by atoms with Gasteiger partial charge < -0.3 is 4.74 Å². The van der Waals surface area contributed by atoms with Crippen LogP contribution in [0.25, 0.3) is 6.08 Å². The van der Waals surface area contributed by atoms with E-state index in [1.807, 2.05) is 18.2 Å². The van der Waals surface area contributed by atoms with Crippen LogP contribution < -0.4 is 4.74 Å². The minimum absolute atomic E-state index is 0.257. The fourth-order valence-electron chi connectivity index (χ4n) is 2.06. The van der Waals surface area contributed by atoms with Crippen molar-refractivity contribution in [1.82, 2.24) is 0 Å². The number of ether oxygens (including phenoxy) is 1. The van der Waals surface area contributed by atoms with Crippen LogP contribution in [0.1, 0.15) is 30.4 Å². The highest BCUT2D eigenvalue weighted by Crippen LogP contribution is 2.54. The number of carbonyl (C=O) groups excluding carboxylic acids is 1. The number of benzene rings is 1. The number of rotatable bonds is 1. The van der Waals surface area contributed by atoms with Gasteiger partial charge in [-0.2, -0.15) is 0 Å². The van der Waals surface area contributed by atoms with Gasteiger partial charge in [-0.15, -0.1) is 0 Å². The second-order valence-corrected chi connectivity index (χ2v) is 3.86. The van der Waals surface area contributed by atoms with Crippen molar-refractivity contribution in [2.24, 2.45) is 0 Å². The number of fused-ring (bicyclic) bond motifs is 3. The van der Waals surface area contributed by atoms with Gasteiger partial charge in [-0.05, 0) is 29.7 Å². The van der Waals surface area contributed by atoms with Crippen LogP contribution in [0, 0.1) is 0 Å². The summed E-state index contributed by atoms with van der Waals surface area (Å²) >= 11 is 0. The lowest BCUT2D eigenvalue weighted by molar-refractivity contribution is -0.131. The fraction of sp³-hybridized carbons (Fsp3) is 0.250. The van der Waals surface area contributed by atoms with E-state index < -0.39 is 0 Å². The SMILES string of the molecule is CC(=O)Oc1ccc2c(c1)C1CC1=C2. The Morgan fingerprint density at radius 3 is 3.14 bits per heavy atom. The normalized spacial score (nSPS) is 20.9. The van der Waals surface area contributed by atoms with Crippen molar-refractivity contribution >= 4 is 12.0 Å². The highest BCUT2D eigenvalue weighted by molar-refractivity contribution is 5.75. The van der Waals surface area contributed by atoms with E-state index in [1.54, 1.807) is 0 Å². The van der Waals surface area contributed by atoms with E-state index in [-0.39, 0.29) is 5.97 Å². The Morgan fingerprint density at radius 1 is 1.50 bits per heavy atom. The van der Waals surface area contributed by atoms with E-state index in [1.165, 1.54) is 30.0 Å². The van der Waals surface area contributed by atoms with Crippen LogP contribution >= 0.6 is 0 Å². The van der Waals surface area contributed by atoms with E-state index >= 15 is 0 Å². The van der Waals surface area contributed by atoms with Crippen LogP contribution in [0.3, 0.4) is 0 Å². The molecule has 1 aromatic rings. The molecule has 0 N–H and O–H groups in total. The van der Waals surface area contributed by atoms with Gasteiger partial charge in [0.05, 0.1) is 0 Å². The molecule has 0 aliphatic heterocycles. The Bertz CT molecular complexity index is 457. The van der Waals surface area contributed by atoms with E-state index in [2.05, 4.69) is 6.08 Å². The maximum atomic E-state index is 10.8. The molecule has 3 rings (SSSR count). The molecule has 1 fully saturated rings. The second kappa shape index (κ2) is 2.47. The molecule has 0 radical (unpaired) electrons. The maximum Gasteiger partial charge on any atom is 0.308 e. The predicted octanol–water partition coefficient (Wildman–Crippen LogP) is 2.50. The van der Waals surface area contributed by atoms with Crippen LogP contribution in [-0.4, -0.2) is 5.97 Å². The molecule has 70 valence electrons. The lowest BCUT2D eigenvalue weighted by Crippen LogP contribution is -2.01. The zero-order chi connectivity index (χ0) is 9.71. The van der Waals surface area contributed by atoms with Gasteiger partial charge in [-0.3, -0.25) is 4.79 Å². The predicted molar refractivity (Wildman–Crippen MR) is 53.1 cm³/mol. The summed E-state index contributed by atoms with van der Waals surface area (Å²) in [4.78, 5) is 10.8. The molecule has 14 heavy (non-hydrogen) atoms. The zero-order valence-corrected chi connectivity index (χ0v) is 7.91. The van der Waals surface area contributed by atoms with Crippen molar-refractivity contribution in [1.29, 1.82) is 0 Å². The molecule has 0 spiro atoms. The van der Waals surface area contributed by atoms with Gasteiger partial charge in [0.15, 0.2) is 0 Å². The summed E-state index contributed by atoms with van der Waals surface area (Å²) in [5.74, 6) is 1.03. The Labute approximate surface area is 82.2 Å². The molecule has 2 aliphatic rings. The smallest absolute Gasteiger partial charge is 0.308 e. The summed E-state index contributed by atoms with van der Waals surface area (Å²) in [5.41, 5.74) is 4.12. The summed E-state index contributed by atoms with van der Waals surface area (Å²) in [7, 11) is 0. The highest BCUT2D eigenvalue weighted by Gasteiger charge is 2.37. The maximum absolute atomic E-state index is 10.8. The molecule has 0 heterocycles. The van der Waals surface area contributed by atoms with Crippen LogP contribution in [0.5, 0.6) is 5.75 Å². The molecule has 0 aromatic heterocycles. The van der Waals surface area contributed by atoms with Gasteiger partial charge in [0.25, 0.3) is 0 Å². The minimum atomic E-state index is -0.257. The summed E-state index contributed by atoms with van der Waals surface area (Å²) in [6.45, 7) is 1.42. The number of hydrogen-bond donors (Lipinski definition) is 0. The van der Waals surface area contributed by atoms with Crippen molar-refractivity contribution in [2.75, 3.05) is 0 Å². The second-order valence-electron chi connectivity index (χ2n) is 3.86. The van der Waals surface area contributed by atoms with Crippen LogP contribution in [-0.2, 0) is 4.79 Å². The van der Waals surface area contributed by atoms with Crippen LogP contribution in [0.4, 0.5) is 0 Å². The molecule has 0 bridgehead atoms. The topological polar surface area (TPSA) is 26.3 Å². The molecule has 1 saturated carbocycles. The standard InChI is InChI=1S/C12H10O2/c1-7(13)14-10-3-2-8-4-9-5-11(9)12(8)6-10/h2-4,6,11H,5H2,1H3. The first-order chi connectivity index (χ1) is 6.74. The quantitative estimate of drug-likeness (QED) is 0.497. The van der Waals surface area contributed by atoms with Crippen LogP contribution in [0.15, 0.2) is 23.8 Å². The van der Waals surface area contributed by atoms with Crippen molar-refractivity contribution in [2.45, 2.75) is 19.3 Å². The third kappa shape index (κ3) is 1.07. The Hall–Kier alpha value is -1.57. The van der Waals surface area contributed by atoms with Crippen molar-refractivity contribution in [3.63, 3.8) is 0 Å². The average Bonchev–Trinajstić information content (AvgIpc) is 2.80. The van der Waals surface area contributed by atoms with E-state index in [0.29, 0.717) is 11.7 Å². The van der Waals surface area contributed by atoms with Crippen LogP contribution in [0.2, 0.25) is 0 Å². The summed E-state index contributed by atoms with van der Waals surface area (Å²) < 4.78 is 5.04. The number of hydrogen-bond acceptors (Lipinski definition) is 2. The third-order valence-corrected chi connectivity index (χ3v) is 2.76. The van der Waals surface area contributed by atoms with E-state index in [9.17, 15) is 4.79 Å². The zero-order valence-electron chi connectivity index (χ0n) is 7.91. The molecule has 0 amide bonds. The Kier molecular flexibility index (Phi) is 1.38. The largest absolute Gasteiger partial charge is 0.427 e. The summed E-state index contributed by atoms with van der Waals surface area (Å²) in [6, 6.07) is 5.85. The van der Waals surface area contributed by atoms with E-state index in [4.69, 9.17) is 4.74 Å². The van der Waals surface area contributed by atoms with Gasteiger partial charge >= 0.3 is 5.97 Å². The number of carbonyl (C=O) groups is 1. The third-order valence-electron chi connectivity index (χ3n) is 2.76. The minimum Gasteiger partial charge on any atom is -0.427 e. The monoisotopic (exact) mass is 186 g/mol. The molecule has 2 heteroatoms. The summed E-state index contributed by atoms with van der Waals surface area (Å²) in [5, 5.41) is 0. The van der Waals surface area contributed by atoms with Crippen molar-refractivity contribution < 1.29 is 9.53 Å². The highest BCUT2D eigenvalue weighted by atomic mass is 16.5.